The molecule has 0 aliphatic rings. The first kappa shape index (κ1) is 13.0. The van der Waals surface area contributed by atoms with Gasteiger partial charge in [0.15, 0.2) is 0 Å². The average Bonchev–Trinajstić information content (AvgIpc) is 2.49. The number of nitrogens with zero attached hydrogens (tertiary/aromatic N) is 1. The Balaban J connectivity index is 2.02. The fraction of sp³-hybridized carbons (Fsp3) is 0. The zero-order chi connectivity index (χ0) is 14.8. The van der Waals surface area contributed by atoms with Crippen molar-refractivity contribution in [3.63, 3.8) is 0 Å². The second-order valence-electron chi connectivity index (χ2n) is 4.28. The lowest BCUT2D eigenvalue weighted by atomic mass is 10.2. The van der Waals surface area contributed by atoms with Crippen LogP contribution in [0.15, 0.2) is 53.6 Å². The van der Waals surface area contributed by atoms with Gasteiger partial charge in [-0.1, -0.05) is 18.2 Å². The molecule has 0 amide bonds. The first-order valence-corrected chi connectivity index (χ1v) is 6.09. The normalized spacial score (nSPS) is 10.5. The lowest BCUT2D eigenvalue weighted by Crippen LogP contribution is -2.20. The van der Waals surface area contributed by atoms with Gasteiger partial charge in [-0.05, 0) is 18.2 Å². The Kier molecular flexibility index (Phi) is 3.19. The number of esters is 1. The molecule has 3 aromatic rings. The fourth-order valence-corrected chi connectivity index (χ4v) is 1.88. The zero-order valence-electron chi connectivity index (χ0n) is 10.7. The number of halogens is 1. The topological polar surface area (TPSA) is 72.1 Å². The number of hydrogen-bond acceptors (Lipinski definition) is 4. The number of carbonyl (C=O) groups excluding carboxylic acids is 1. The van der Waals surface area contributed by atoms with Gasteiger partial charge < -0.3 is 9.72 Å². The maximum atomic E-state index is 13.2. The summed E-state index contributed by atoms with van der Waals surface area (Å²) in [4.78, 5) is 30.6. The number of benzene rings is 1. The molecule has 1 aromatic carbocycles. The van der Waals surface area contributed by atoms with Crippen LogP contribution >= 0.6 is 0 Å². The van der Waals surface area contributed by atoms with Gasteiger partial charge in [-0.3, -0.25) is 4.79 Å². The molecule has 0 saturated heterocycles. The first-order chi connectivity index (χ1) is 10.1. The van der Waals surface area contributed by atoms with Crippen LogP contribution in [0.5, 0.6) is 5.75 Å². The number of hydrogen-bond donors (Lipinski definition) is 1. The molecule has 0 aliphatic heterocycles. The molecular weight excluding hydrogens is 275 g/mol. The minimum Gasteiger partial charge on any atom is -0.423 e. The summed E-state index contributed by atoms with van der Waals surface area (Å²) < 4.78 is 18.3. The summed E-state index contributed by atoms with van der Waals surface area (Å²) in [7, 11) is 0. The summed E-state index contributed by atoms with van der Waals surface area (Å²) >= 11 is 0. The molecule has 0 spiro atoms. The minimum absolute atomic E-state index is 0.00230. The molecule has 0 radical (unpaired) electrons. The minimum atomic E-state index is -0.811. The van der Waals surface area contributed by atoms with E-state index in [1.54, 1.807) is 30.3 Å². The monoisotopic (exact) mass is 284 g/mol. The predicted molar refractivity (Wildman–Crippen MR) is 73.7 cm³/mol. The standard InChI is InChI=1S/C15H9FN2O3/c16-9-6-11-13(19)12(8-18-14(11)17-7-9)15(20)21-10-4-2-1-3-5-10/h1-8H,(H,17,18,19). The number of rotatable bonds is 2. The largest absolute Gasteiger partial charge is 0.423 e. The van der Waals surface area contributed by atoms with E-state index in [4.69, 9.17) is 4.74 Å². The third-order valence-electron chi connectivity index (χ3n) is 2.87. The Hall–Kier alpha value is -3.02. The predicted octanol–water partition coefficient (Wildman–Crippen LogP) is 2.28. The summed E-state index contributed by atoms with van der Waals surface area (Å²) in [6, 6.07) is 9.39. The lowest BCUT2D eigenvalue weighted by Gasteiger charge is -2.04. The van der Waals surface area contributed by atoms with Crippen molar-refractivity contribution in [3.8, 4) is 5.75 Å². The molecular formula is C15H9FN2O3. The maximum absolute atomic E-state index is 13.2. The van der Waals surface area contributed by atoms with E-state index >= 15 is 0 Å². The van der Waals surface area contributed by atoms with Gasteiger partial charge in [0.25, 0.3) is 0 Å². The van der Waals surface area contributed by atoms with Crippen molar-refractivity contribution in [2.75, 3.05) is 0 Å². The van der Waals surface area contributed by atoms with E-state index in [0.29, 0.717) is 5.75 Å². The van der Waals surface area contributed by atoms with Crippen LogP contribution in [0.3, 0.4) is 0 Å². The number of nitrogens with one attached hydrogen (secondary N) is 1. The average molecular weight is 284 g/mol. The van der Waals surface area contributed by atoms with Gasteiger partial charge in [0, 0.05) is 6.20 Å². The van der Waals surface area contributed by atoms with E-state index in [-0.39, 0.29) is 16.6 Å². The third-order valence-corrected chi connectivity index (χ3v) is 2.87. The molecule has 6 heteroatoms. The van der Waals surface area contributed by atoms with Crippen LogP contribution in [0.1, 0.15) is 10.4 Å². The van der Waals surface area contributed by atoms with Crippen LogP contribution in [0.25, 0.3) is 11.0 Å². The van der Waals surface area contributed by atoms with Crippen molar-refractivity contribution in [1.82, 2.24) is 9.97 Å². The number of ether oxygens (including phenoxy) is 1. The van der Waals surface area contributed by atoms with E-state index in [9.17, 15) is 14.0 Å². The highest BCUT2D eigenvalue weighted by molar-refractivity contribution is 5.94. The first-order valence-electron chi connectivity index (χ1n) is 6.09. The molecule has 0 aliphatic carbocycles. The Morgan fingerprint density at radius 1 is 1.24 bits per heavy atom. The highest BCUT2D eigenvalue weighted by atomic mass is 19.1. The van der Waals surface area contributed by atoms with Crippen molar-refractivity contribution < 1.29 is 13.9 Å². The van der Waals surface area contributed by atoms with Crippen molar-refractivity contribution in [3.05, 3.63) is 70.4 Å². The van der Waals surface area contributed by atoms with Crippen LogP contribution in [0.2, 0.25) is 0 Å². The van der Waals surface area contributed by atoms with Crippen molar-refractivity contribution in [2.45, 2.75) is 0 Å². The van der Waals surface area contributed by atoms with Crippen LogP contribution < -0.4 is 10.2 Å². The molecule has 1 N–H and O–H groups in total. The lowest BCUT2D eigenvalue weighted by molar-refractivity contribution is 0.0733. The highest BCUT2D eigenvalue weighted by Gasteiger charge is 2.16. The second kappa shape index (κ2) is 5.16. The summed E-state index contributed by atoms with van der Waals surface area (Å²) in [6.07, 6.45) is 2.20. The molecule has 5 nitrogen and oxygen atoms in total. The molecule has 0 fully saturated rings. The van der Waals surface area contributed by atoms with Crippen LogP contribution in [0, 0.1) is 5.82 Å². The molecule has 0 saturated carbocycles. The van der Waals surface area contributed by atoms with Crippen molar-refractivity contribution in [2.24, 2.45) is 0 Å². The Bertz CT molecular complexity index is 875. The van der Waals surface area contributed by atoms with Gasteiger partial charge >= 0.3 is 5.97 Å². The van der Waals surface area contributed by atoms with Gasteiger partial charge in [-0.15, -0.1) is 0 Å². The number of para-hydroxylation sites is 1. The SMILES string of the molecule is O=C(Oc1ccccc1)c1c[nH]c2ncc(F)cc2c1=O. The molecule has 0 unspecified atom stereocenters. The Morgan fingerprint density at radius 3 is 2.76 bits per heavy atom. The van der Waals surface area contributed by atoms with Crippen molar-refractivity contribution >= 4 is 17.0 Å². The van der Waals surface area contributed by atoms with Gasteiger partial charge in [0.2, 0.25) is 5.43 Å². The van der Waals surface area contributed by atoms with Gasteiger partial charge in [0.1, 0.15) is 22.8 Å². The number of aromatic amines is 1. The smallest absolute Gasteiger partial charge is 0.349 e. The summed E-state index contributed by atoms with van der Waals surface area (Å²) in [6.45, 7) is 0. The van der Waals surface area contributed by atoms with Crippen LogP contribution in [-0.4, -0.2) is 15.9 Å². The van der Waals surface area contributed by atoms with Gasteiger partial charge in [-0.2, -0.15) is 0 Å². The molecule has 0 bridgehead atoms. The summed E-state index contributed by atoms with van der Waals surface area (Å²) in [5.41, 5.74) is -0.631. The maximum Gasteiger partial charge on any atom is 0.349 e. The number of aromatic nitrogens is 2. The zero-order valence-corrected chi connectivity index (χ0v) is 10.7. The molecule has 2 aromatic heterocycles. The fourth-order valence-electron chi connectivity index (χ4n) is 1.88. The van der Waals surface area contributed by atoms with Gasteiger partial charge in [-0.25, -0.2) is 14.2 Å². The quantitative estimate of drug-likeness (QED) is 0.579. The molecule has 21 heavy (non-hydrogen) atoms. The Morgan fingerprint density at radius 2 is 2.00 bits per heavy atom. The number of H-pyrrole nitrogens is 1. The Labute approximate surface area is 118 Å². The molecule has 104 valence electrons. The second-order valence-corrected chi connectivity index (χ2v) is 4.28. The highest BCUT2D eigenvalue weighted by Crippen LogP contribution is 2.12. The number of pyridine rings is 2. The third kappa shape index (κ3) is 2.51. The molecule has 0 atom stereocenters. The summed E-state index contributed by atoms with van der Waals surface area (Å²) in [5.74, 6) is -1.14. The van der Waals surface area contributed by atoms with Crippen molar-refractivity contribution in [1.29, 1.82) is 0 Å². The number of fused-ring (bicyclic) bond motifs is 1. The van der Waals surface area contributed by atoms with E-state index in [1.165, 1.54) is 6.20 Å². The number of carbonyl (C=O) groups is 1. The van der Waals surface area contributed by atoms with E-state index in [0.717, 1.165) is 12.3 Å². The molecule has 3 rings (SSSR count). The molecule has 2 heterocycles. The van der Waals surface area contributed by atoms with Crippen LogP contribution in [0.4, 0.5) is 4.39 Å². The summed E-state index contributed by atoms with van der Waals surface area (Å²) in [5, 5.41) is -0.00230. The van der Waals surface area contributed by atoms with Crippen LogP contribution in [-0.2, 0) is 0 Å². The van der Waals surface area contributed by atoms with Gasteiger partial charge in [0.05, 0.1) is 11.6 Å². The van der Waals surface area contributed by atoms with E-state index in [1.807, 2.05) is 0 Å². The van der Waals surface area contributed by atoms with E-state index < -0.39 is 17.2 Å². The van der Waals surface area contributed by atoms with E-state index in [2.05, 4.69) is 9.97 Å².